The van der Waals surface area contributed by atoms with Crippen molar-refractivity contribution < 1.29 is 36.2 Å². The molecule has 218 valence electrons. The Morgan fingerprint density at radius 1 is 0.512 bits per heavy atom. The van der Waals surface area contributed by atoms with Crippen molar-refractivity contribution in [2.24, 2.45) is 0 Å². The molecule has 1 aliphatic rings. The molecule has 0 bridgehead atoms. The monoisotopic (exact) mass is 598 g/mol. The third-order valence-electron chi connectivity index (χ3n) is 6.85. The molecule has 8 nitrogen and oxygen atoms in total. The minimum absolute atomic E-state index is 0.0666. The van der Waals surface area contributed by atoms with Gasteiger partial charge in [-0.25, -0.2) is 0 Å². The van der Waals surface area contributed by atoms with Crippen LogP contribution in [0.15, 0.2) is 94.7 Å². The summed E-state index contributed by atoms with van der Waals surface area (Å²) in [6.45, 7) is 7.66. The zero-order valence-corrected chi connectivity index (χ0v) is 24.9. The van der Waals surface area contributed by atoms with E-state index in [4.69, 9.17) is 9.11 Å². The number of benzene rings is 4. The standard InChI is InChI=1S/C17H18O2.2C7H8O3S/c1-11-3-5-15-13(7-11)14-8-12(2)4-6-16(14)17(15,9-18)10-19;2*1-6-2-4-7(5-3-6)11(8,9)10/h3-8,18-19H,9-10H2,1-2H3;2*2-5H,1H3,(H,8,9,10). The highest BCUT2D eigenvalue weighted by molar-refractivity contribution is 7.86. The van der Waals surface area contributed by atoms with Crippen LogP contribution in [0.3, 0.4) is 0 Å². The largest absolute Gasteiger partial charge is 0.395 e. The van der Waals surface area contributed by atoms with Gasteiger partial charge in [-0.05, 0) is 74.2 Å². The zero-order valence-electron chi connectivity index (χ0n) is 23.2. The Kier molecular flexibility index (Phi) is 9.91. The van der Waals surface area contributed by atoms with Crippen molar-refractivity contribution >= 4 is 20.2 Å². The fourth-order valence-electron chi connectivity index (χ4n) is 4.55. The Hall–Kier alpha value is -3.38. The van der Waals surface area contributed by atoms with Crippen molar-refractivity contribution in [3.05, 3.63) is 118 Å². The van der Waals surface area contributed by atoms with E-state index < -0.39 is 25.7 Å². The lowest BCUT2D eigenvalue weighted by molar-refractivity contribution is 0.146. The van der Waals surface area contributed by atoms with Crippen LogP contribution in [0.25, 0.3) is 11.1 Å². The van der Waals surface area contributed by atoms with E-state index in [9.17, 15) is 27.0 Å². The first-order chi connectivity index (χ1) is 19.1. The average molecular weight is 599 g/mol. The minimum Gasteiger partial charge on any atom is -0.395 e. The van der Waals surface area contributed by atoms with Gasteiger partial charge in [0.2, 0.25) is 0 Å². The molecule has 4 aromatic rings. The molecule has 5 rings (SSSR count). The van der Waals surface area contributed by atoms with Gasteiger partial charge < -0.3 is 10.2 Å². The molecule has 4 aromatic carbocycles. The topological polar surface area (TPSA) is 149 Å². The summed E-state index contributed by atoms with van der Waals surface area (Å²) in [6.07, 6.45) is 0. The SMILES string of the molecule is Cc1ccc(S(=O)(=O)O)cc1.Cc1ccc(S(=O)(=O)O)cc1.Cc1ccc2c(c1)-c1cc(C)ccc1C2(CO)CO. The van der Waals surface area contributed by atoms with Gasteiger partial charge in [-0.1, -0.05) is 82.9 Å². The molecule has 0 radical (unpaired) electrons. The summed E-state index contributed by atoms with van der Waals surface area (Å²) in [5, 5.41) is 19.8. The van der Waals surface area contributed by atoms with Crippen molar-refractivity contribution in [2.45, 2.75) is 42.9 Å². The summed E-state index contributed by atoms with van der Waals surface area (Å²) < 4.78 is 59.1. The molecular formula is C31H34O8S2. The van der Waals surface area contributed by atoms with Gasteiger partial charge in [0.1, 0.15) is 0 Å². The first-order valence-electron chi connectivity index (χ1n) is 12.6. The fourth-order valence-corrected chi connectivity index (χ4v) is 5.51. The molecule has 0 fully saturated rings. The van der Waals surface area contributed by atoms with Gasteiger partial charge in [-0.15, -0.1) is 0 Å². The molecule has 10 heteroatoms. The number of aryl methyl sites for hydroxylation is 4. The maximum atomic E-state index is 10.5. The molecular weight excluding hydrogens is 564 g/mol. The lowest BCUT2D eigenvalue weighted by atomic mass is 9.79. The highest BCUT2D eigenvalue weighted by Crippen LogP contribution is 2.49. The number of aliphatic hydroxyl groups is 2. The maximum absolute atomic E-state index is 10.5. The first-order valence-corrected chi connectivity index (χ1v) is 15.5. The predicted molar refractivity (Wildman–Crippen MR) is 158 cm³/mol. The fraction of sp³-hybridized carbons (Fsp3) is 0.226. The molecule has 0 aliphatic heterocycles. The van der Waals surface area contributed by atoms with Gasteiger partial charge in [0, 0.05) is 0 Å². The van der Waals surface area contributed by atoms with Crippen molar-refractivity contribution in [2.75, 3.05) is 13.2 Å². The first kappa shape index (κ1) is 32.1. The van der Waals surface area contributed by atoms with Crippen LogP contribution in [-0.2, 0) is 25.7 Å². The lowest BCUT2D eigenvalue weighted by Gasteiger charge is -2.27. The molecule has 41 heavy (non-hydrogen) atoms. The van der Waals surface area contributed by atoms with Gasteiger partial charge in [-0.2, -0.15) is 16.8 Å². The Morgan fingerprint density at radius 3 is 1.07 bits per heavy atom. The summed E-state index contributed by atoms with van der Waals surface area (Å²) >= 11 is 0. The Balaban J connectivity index is 0.000000181. The summed E-state index contributed by atoms with van der Waals surface area (Å²) in [4.78, 5) is -0.133. The van der Waals surface area contributed by atoms with Gasteiger partial charge >= 0.3 is 0 Å². The van der Waals surface area contributed by atoms with Gasteiger partial charge in [-0.3, -0.25) is 9.11 Å². The van der Waals surface area contributed by atoms with E-state index in [1.807, 2.05) is 38.1 Å². The number of aliphatic hydroxyl groups excluding tert-OH is 2. The van der Waals surface area contributed by atoms with Crippen molar-refractivity contribution in [1.82, 2.24) is 0 Å². The van der Waals surface area contributed by atoms with E-state index in [2.05, 4.69) is 26.0 Å². The van der Waals surface area contributed by atoms with Crippen LogP contribution < -0.4 is 0 Å². The maximum Gasteiger partial charge on any atom is 0.294 e. The number of hydrogen-bond acceptors (Lipinski definition) is 6. The van der Waals surface area contributed by atoms with E-state index in [1.54, 1.807) is 24.3 Å². The minimum atomic E-state index is -4.02. The molecule has 0 heterocycles. The van der Waals surface area contributed by atoms with Crippen LogP contribution in [0.5, 0.6) is 0 Å². The lowest BCUT2D eigenvalue weighted by Crippen LogP contribution is -2.33. The van der Waals surface area contributed by atoms with Crippen LogP contribution in [0, 0.1) is 27.7 Å². The van der Waals surface area contributed by atoms with Crippen LogP contribution in [0.2, 0.25) is 0 Å². The Morgan fingerprint density at radius 2 is 0.805 bits per heavy atom. The third kappa shape index (κ3) is 7.48. The predicted octanol–water partition coefficient (Wildman–Crippen LogP) is 5.04. The Bertz CT molecular complexity index is 1600. The normalized spacial score (nSPS) is 13.2. The quantitative estimate of drug-likeness (QED) is 0.239. The second-order valence-electron chi connectivity index (χ2n) is 10.1. The number of rotatable bonds is 4. The highest BCUT2D eigenvalue weighted by atomic mass is 32.2. The van der Waals surface area contributed by atoms with Crippen molar-refractivity contribution in [3.8, 4) is 11.1 Å². The molecule has 0 saturated carbocycles. The summed E-state index contributed by atoms with van der Waals surface area (Å²) in [6, 6.07) is 24.4. The van der Waals surface area contributed by atoms with Crippen LogP contribution >= 0.6 is 0 Å². The van der Waals surface area contributed by atoms with Crippen molar-refractivity contribution in [1.29, 1.82) is 0 Å². The summed E-state index contributed by atoms with van der Waals surface area (Å²) in [7, 11) is -8.04. The molecule has 0 amide bonds. The molecule has 0 atom stereocenters. The van der Waals surface area contributed by atoms with Gasteiger partial charge in [0.25, 0.3) is 20.2 Å². The molecule has 0 unspecified atom stereocenters. The van der Waals surface area contributed by atoms with E-state index in [-0.39, 0.29) is 23.0 Å². The van der Waals surface area contributed by atoms with Gasteiger partial charge in [0.15, 0.2) is 0 Å². The van der Waals surface area contributed by atoms with Crippen LogP contribution in [-0.4, -0.2) is 49.4 Å². The van der Waals surface area contributed by atoms with Gasteiger partial charge in [0.05, 0.1) is 28.4 Å². The summed E-state index contributed by atoms with van der Waals surface area (Å²) in [5.41, 5.74) is 7.98. The van der Waals surface area contributed by atoms with E-state index in [0.717, 1.165) is 33.4 Å². The van der Waals surface area contributed by atoms with E-state index in [1.165, 1.54) is 35.4 Å². The average Bonchev–Trinajstić information content (AvgIpc) is 3.17. The molecule has 4 N–H and O–H groups in total. The molecule has 1 aliphatic carbocycles. The Labute approximate surface area is 241 Å². The third-order valence-corrected chi connectivity index (χ3v) is 8.58. The molecule has 0 aromatic heterocycles. The molecule has 0 spiro atoms. The second kappa shape index (κ2) is 12.6. The zero-order chi connectivity index (χ0) is 30.6. The molecule has 0 saturated heterocycles. The summed E-state index contributed by atoms with van der Waals surface area (Å²) in [5.74, 6) is 0. The van der Waals surface area contributed by atoms with Crippen LogP contribution in [0.4, 0.5) is 0 Å². The smallest absolute Gasteiger partial charge is 0.294 e. The number of fused-ring (bicyclic) bond motifs is 3. The number of hydrogen-bond donors (Lipinski definition) is 4. The second-order valence-corrected chi connectivity index (χ2v) is 12.9. The van der Waals surface area contributed by atoms with Crippen LogP contribution in [0.1, 0.15) is 33.4 Å². The van der Waals surface area contributed by atoms with Crippen molar-refractivity contribution in [3.63, 3.8) is 0 Å². The van der Waals surface area contributed by atoms with E-state index in [0.29, 0.717) is 0 Å². The highest BCUT2D eigenvalue weighted by Gasteiger charge is 2.42. The van der Waals surface area contributed by atoms with E-state index >= 15 is 0 Å².